The van der Waals surface area contributed by atoms with Crippen molar-refractivity contribution in [1.29, 1.82) is 0 Å². The number of alkyl halides is 3. The summed E-state index contributed by atoms with van der Waals surface area (Å²) in [6, 6.07) is 0. The maximum absolute atomic E-state index is 11.6. The fraction of sp³-hybridized carbons (Fsp3) is 0.778. The molecule has 8 heteroatoms. The molecule has 0 aliphatic carbocycles. The zero-order valence-corrected chi connectivity index (χ0v) is 9.43. The number of hydrogen-bond acceptors (Lipinski definition) is 3. The number of carboxylic acid groups (broad SMARTS) is 1. The van der Waals surface area contributed by atoms with Crippen molar-refractivity contribution in [2.45, 2.75) is 20.0 Å². The molecule has 0 saturated carbocycles. The lowest BCUT2D eigenvalue weighted by molar-refractivity contribution is -0.173. The minimum absolute atomic E-state index is 0.175. The van der Waals surface area contributed by atoms with Gasteiger partial charge in [-0.05, 0) is 13.8 Å². The second kappa shape index (κ2) is 5.85. The zero-order valence-electron chi connectivity index (χ0n) is 9.43. The summed E-state index contributed by atoms with van der Waals surface area (Å²) < 4.78 is 39.2. The molecule has 0 heterocycles. The van der Waals surface area contributed by atoms with Gasteiger partial charge in [-0.15, -0.1) is 0 Å². The lowest BCUT2D eigenvalue weighted by Crippen LogP contribution is -2.43. The summed E-state index contributed by atoms with van der Waals surface area (Å²) in [4.78, 5) is 21.9. The van der Waals surface area contributed by atoms with E-state index < -0.39 is 30.1 Å². The molecule has 0 saturated heterocycles. The van der Waals surface area contributed by atoms with Gasteiger partial charge in [0.05, 0.1) is 6.61 Å². The van der Waals surface area contributed by atoms with Gasteiger partial charge in [-0.25, -0.2) is 0 Å². The highest BCUT2D eigenvalue weighted by Gasteiger charge is 2.35. The molecule has 0 aromatic rings. The van der Waals surface area contributed by atoms with Crippen molar-refractivity contribution in [2.75, 3.05) is 19.8 Å². The van der Waals surface area contributed by atoms with Crippen LogP contribution < -0.4 is 5.32 Å². The van der Waals surface area contributed by atoms with Crippen LogP contribution in [0.4, 0.5) is 13.2 Å². The van der Waals surface area contributed by atoms with Gasteiger partial charge >= 0.3 is 12.1 Å². The van der Waals surface area contributed by atoms with Crippen LogP contribution in [0.5, 0.6) is 0 Å². The number of carbonyl (C=O) groups excluding carboxylic acids is 1. The van der Waals surface area contributed by atoms with Gasteiger partial charge in [0, 0.05) is 6.54 Å². The van der Waals surface area contributed by atoms with Crippen molar-refractivity contribution < 1.29 is 32.6 Å². The van der Waals surface area contributed by atoms with Crippen molar-refractivity contribution in [3.8, 4) is 0 Å². The van der Waals surface area contributed by atoms with Gasteiger partial charge in [0.25, 0.3) is 0 Å². The van der Waals surface area contributed by atoms with Crippen LogP contribution in [0.1, 0.15) is 13.8 Å². The van der Waals surface area contributed by atoms with Gasteiger partial charge in [-0.2, -0.15) is 13.2 Å². The standard InChI is InChI=1S/C9H14F3NO4/c1-8(2,7(15)16)6(14)13-3-4-17-5-9(10,11)12/h3-5H2,1-2H3,(H,13,14)(H,15,16). The van der Waals surface area contributed by atoms with E-state index in [1.807, 2.05) is 0 Å². The quantitative estimate of drug-likeness (QED) is 0.545. The van der Waals surface area contributed by atoms with Crippen LogP contribution in [0, 0.1) is 5.41 Å². The largest absolute Gasteiger partial charge is 0.480 e. The molecule has 0 aliphatic rings. The molecule has 0 spiro atoms. The van der Waals surface area contributed by atoms with E-state index in [1.54, 1.807) is 0 Å². The Labute approximate surface area is 95.9 Å². The normalized spacial score (nSPS) is 12.3. The van der Waals surface area contributed by atoms with Gasteiger partial charge in [-0.3, -0.25) is 9.59 Å². The highest BCUT2D eigenvalue weighted by Crippen LogP contribution is 2.15. The molecular weight excluding hydrogens is 243 g/mol. The third-order valence-corrected chi connectivity index (χ3v) is 1.90. The van der Waals surface area contributed by atoms with Gasteiger partial charge in [0.1, 0.15) is 12.0 Å². The molecule has 0 bridgehead atoms. The van der Waals surface area contributed by atoms with Crippen molar-refractivity contribution >= 4 is 11.9 Å². The number of aliphatic carboxylic acids is 1. The highest BCUT2D eigenvalue weighted by atomic mass is 19.4. The Morgan fingerprint density at radius 2 is 1.82 bits per heavy atom. The molecule has 0 radical (unpaired) electrons. The Morgan fingerprint density at radius 3 is 2.24 bits per heavy atom. The molecule has 100 valence electrons. The Balaban J connectivity index is 3.84. The summed E-state index contributed by atoms with van der Waals surface area (Å²) in [6.45, 7) is 0.486. The number of halogens is 3. The number of rotatable bonds is 6. The number of amides is 1. The lowest BCUT2D eigenvalue weighted by Gasteiger charge is -2.18. The lowest BCUT2D eigenvalue weighted by atomic mass is 9.93. The van der Waals surface area contributed by atoms with Gasteiger partial charge in [-0.1, -0.05) is 0 Å². The molecule has 0 aromatic heterocycles. The topological polar surface area (TPSA) is 75.6 Å². The van der Waals surface area contributed by atoms with Crippen molar-refractivity contribution in [1.82, 2.24) is 5.32 Å². The zero-order chi connectivity index (χ0) is 13.7. The van der Waals surface area contributed by atoms with Gasteiger partial charge in [0.2, 0.25) is 5.91 Å². The van der Waals surface area contributed by atoms with Crippen molar-refractivity contribution in [3.63, 3.8) is 0 Å². The van der Waals surface area contributed by atoms with E-state index in [0.717, 1.165) is 0 Å². The van der Waals surface area contributed by atoms with Crippen LogP contribution >= 0.6 is 0 Å². The summed E-state index contributed by atoms with van der Waals surface area (Å²) in [6.07, 6.45) is -4.41. The van der Waals surface area contributed by atoms with Crippen molar-refractivity contribution in [3.05, 3.63) is 0 Å². The van der Waals surface area contributed by atoms with Gasteiger partial charge < -0.3 is 15.2 Å². The van der Waals surface area contributed by atoms with Crippen LogP contribution in [0.15, 0.2) is 0 Å². The van der Waals surface area contributed by atoms with E-state index >= 15 is 0 Å². The molecule has 2 N–H and O–H groups in total. The predicted octanol–water partition coefficient (Wildman–Crippen LogP) is 0.792. The first kappa shape index (κ1) is 15.7. The molecule has 17 heavy (non-hydrogen) atoms. The van der Waals surface area contributed by atoms with E-state index in [0.29, 0.717) is 0 Å². The molecule has 0 fully saturated rings. The van der Waals surface area contributed by atoms with Crippen LogP contribution in [0.2, 0.25) is 0 Å². The summed E-state index contributed by atoms with van der Waals surface area (Å²) in [5.41, 5.74) is -1.62. The minimum Gasteiger partial charge on any atom is -0.480 e. The molecule has 1 amide bonds. The summed E-state index contributed by atoms with van der Waals surface area (Å²) in [7, 11) is 0. The molecular formula is C9H14F3NO4. The third-order valence-electron chi connectivity index (χ3n) is 1.90. The number of ether oxygens (including phenoxy) is 1. The Bertz CT molecular complexity index is 288. The minimum atomic E-state index is -4.41. The van der Waals surface area contributed by atoms with E-state index in [4.69, 9.17) is 5.11 Å². The Morgan fingerprint density at radius 1 is 1.29 bits per heavy atom. The first-order chi connectivity index (χ1) is 7.57. The monoisotopic (exact) mass is 257 g/mol. The maximum Gasteiger partial charge on any atom is 0.411 e. The average Bonchev–Trinajstić information content (AvgIpc) is 2.14. The maximum atomic E-state index is 11.6. The second-order valence-electron chi connectivity index (χ2n) is 3.85. The molecule has 0 aliphatic heterocycles. The highest BCUT2D eigenvalue weighted by molar-refractivity contribution is 6.00. The van der Waals surface area contributed by atoms with Crippen molar-refractivity contribution in [2.24, 2.45) is 5.41 Å². The van der Waals surface area contributed by atoms with E-state index in [2.05, 4.69) is 10.1 Å². The van der Waals surface area contributed by atoms with Crippen LogP contribution in [0.25, 0.3) is 0 Å². The smallest absolute Gasteiger partial charge is 0.411 e. The second-order valence-corrected chi connectivity index (χ2v) is 3.85. The summed E-state index contributed by atoms with van der Waals surface area (Å²) in [5, 5.41) is 10.9. The first-order valence-corrected chi connectivity index (χ1v) is 4.73. The molecule has 0 unspecified atom stereocenters. The number of hydrogen-bond donors (Lipinski definition) is 2. The number of nitrogens with one attached hydrogen (secondary N) is 1. The number of carboxylic acids is 1. The third kappa shape index (κ3) is 6.10. The van der Waals surface area contributed by atoms with Crippen LogP contribution in [-0.4, -0.2) is 42.9 Å². The molecule has 0 rings (SSSR count). The first-order valence-electron chi connectivity index (χ1n) is 4.73. The predicted molar refractivity (Wildman–Crippen MR) is 51.3 cm³/mol. The van der Waals surface area contributed by atoms with Crippen LogP contribution in [0.3, 0.4) is 0 Å². The SMILES string of the molecule is CC(C)(C(=O)O)C(=O)NCCOCC(F)(F)F. The molecule has 0 atom stereocenters. The summed E-state index contributed by atoms with van der Waals surface area (Å²) in [5.74, 6) is -2.09. The fourth-order valence-electron chi connectivity index (χ4n) is 0.743. The van der Waals surface area contributed by atoms with E-state index in [9.17, 15) is 22.8 Å². The Kier molecular flexibility index (Phi) is 5.40. The summed E-state index contributed by atoms with van der Waals surface area (Å²) >= 11 is 0. The van der Waals surface area contributed by atoms with Gasteiger partial charge in [0.15, 0.2) is 0 Å². The molecule has 0 aromatic carbocycles. The fourth-order valence-corrected chi connectivity index (χ4v) is 0.743. The van der Waals surface area contributed by atoms with E-state index in [1.165, 1.54) is 13.8 Å². The van der Waals surface area contributed by atoms with Crippen LogP contribution in [-0.2, 0) is 14.3 Å². The average molecular weight is 257 g/mol. The molecule has 5 nitrogen and oxygen atoms in total. The Hall–Kier alpha value is -1.31. The van der Waals surface area contributed by atoms with E-state index in [-0.39, 0.29) is 13.2 Å². The number of carbonyl (C=O) groups is 2.